The molecule has 0 fully saturated rings. The molecule has 0 aliphatic rings. The van der Waals surface area contributed by atoms with E-state index in [1.54, 1.807) is 0 Å². The summed E-state index contributed by atoms with van der Waals surface area (Å²) >= 11 is 0. The van der Waals surface area contributed by atoms with Gasteiger partial charge in [0.2, 0.25) is 0 Å². The summed E-state index contributed by atoms with van der Waals surface area (Å²) in [5.74, 6) is 1.52. The molecule has 3 rings (SSSR count). The summed E-state index contributed by atoms with van der Waals surface area (Å²) in [6, 6.07) is 10.1. The maximum atomic E-state index is 11.8. The van der Waals surface area contributed by atoms with Gasteiger partial charge in [-0.2, -0.15) is 0 Å². The summed E-state index contributed by atoms with van der Waals surface area (Å²) in [6.45, 7) is 25.9. The Kier molecular flexibility index (Phi) is 7.68. The number of benzene rings is 2. The lowest BCUT2D eigenvalue weighted by Gasteiger charge is -2.38. The van der Waals surface area contributed by atoms with Gasteiger partial charge in [-0.3, -0.25) is 0 Å². The number of aliphatic carboxylic acids is 1. The minimum absolute atomic E-state index is 0.215. The van der Waals surface area contributed by atoms with Gasteiger partial charge < -0.3 is 18.8 Å². The Balaban J connectivity index is 2.01. The molecule has 0 bridgehead atoms. The molecule has 0 aliphatic carbocycles. The van der Waals surface area contributed by atoms with E-state index in [2.05, 4.69) is 76.3 Å². The smallest absolute Gasteiger partial charge is 0.345 e. The maximum Gasteiger partial charge on any atom is 0.345 e. The molecule has 1 N–H and O–H groups in total. The molecule has 0 radical (unpaired) electrons. The van der Waals surface area contributed by atoms with E-state index in [9.17, 15) is 9.90 Å². The number of fused-ring (bicyclic) bond motifs is 1. The number of carboxylic acids is 1. The zero-order valence-corrected chi connectivity index (χ0v) is 25.7. The van der Waals surface area contributed by atoms with Gasteiger partial charge in [-0.1, -0.05) is 68.5 Å². The third-order valence-electron chi connectivity index (χ3n) is 7.78. The summed E-state index contributed by atoms with van der Waals surface area (Å²) in [4.78, 5) is 11.8. The summed E-state index contributed by atoms with van der Waals surface area (Å²) in [6.07, 6.45) is 1.42. The van der Waals surface area contributed by atoms with Crippen molar-refractivity contribution in [2.24, 2.45) is 5.41 Å². The fourth-order valence-electron chi connectivity index (χ4n) is 4.57. The van der Waals surface area contributed by atoms with E-state index in [1.165, 1.54) is 16.5 Å². The van der Waals surface area contributed by atoms with Crippen molar-refractivity contribution in [2.75, 3.05) is 0 Å². The van der Waals surface area contributed by atoms with Crippen molar-refractivity contribution in [3.63, 3.8) is 0 Å². The van der Waals surface area contributed by atoms with E-state index >= 15 is 0 Å². The molecule has 1 unspecified atom stereocenters. The van der Waals surface area contributed by atoms with Crippen LogP contribution in [0, 0.1) is 19.3 Å². The Morgan fingerprint density at radius 1 is 0.946 bits per heavy atom. The van der Waals surface area contributed by atoms with Crippen LogP contribution < -0.4 is 9.47 Å². The Morgan fingerprint density at radius 3 is 1.97 bits per heavy atom. The first-order chi connectivity index (χ1) is 16.8. The fourth-order valence-corrected chi connectivity index (χ4v) is 6.55. The van der Waals surface area contributed by atoms with Crippen LogP contribution in [0.5, 0.6) is 17.2 Å². The number of hydrogen-bond donors (Lipinski definition) is 1. The van der Waals surface area contributed by atoms with Crippen molar-refractivity contribution >= 4 is 25.1 Å². The van der Waals surface area contributed by atoms with Crippen molar-refractivity contribution < 1.29 is 19.4 Å². The number of nitrogens with zero attached hydrogens (tertiary/aromatic N) is 1. The number of carbonyl (C=O) groups is 1. The van der Waals surface area contributed by atoms with Gasteiger partial charge in [-0.05, 0) is 78.0 Å². The number of aromatic nitrogens is 1. The number of aryl methyl sites for hydroxylation is 2. The Hall–Kier alpha value is -2.73. The zero-order chi connectivity index (χ0) is 28.1. The topological polar surface area (TPSA) is 60.7 Å². The molecule has 0 amide bonds. The van der Waals surface area contributed by atoms with Crippen molar-refractivity contribution in [1.82, 2.24) is 4.23 Å². The summed E-state index contributed by atoms with van der Waals surface area (Å²) in [5, 5.41) is 11.1. The lowest BCUT2D eigenvalue weighted by Crippen LogP contribution is -2.44. The molecule has 1 aromatic heterocycles. The highest BCUT2D eigenvalue weighted by atomic mass is 28.3. The van der Waals surface area contributed by atoms with Gasteiger partial charge in [-0.25, -0.2) is 4.79 Å². The number of rotatable bonds is 7. The monoisotopic (exact) mass is 523 g/mol. The molecule has 0 saturated heterocycles. The van der Waals surface area contributed by atoms with Crippen LogP contribution in [0.2, 0.25) is 18.1 Å². The van der Waals surface area contributed by atoms with Crippen molar-refractivity contribution in [2.45, 2.75) is 99.4 Å². The first kappa shape index (κ1) is 28.8. The third-order valence-corrected chi connectivity index (χ3v) is 13.0. The average molecular weight is 524 g/mol. The summed E-state index contributed by atoms with van der Waals surface area (Å²) in [5.41, 5.74) is 3.87. The standard InChI is InChI=1S/C31H45NO4Si/c1-19(2)25-18-32(37(11,12)31(8,9)10)26-14-13-22(17-24(25)26)35-27-20(3)15-23(16-21(27)4)36-28(29(33)34)30(5,6)7/h13-19,28H,1-12H3,(H,33,34). The van der Waals surface area contributed by atoms with Crippen LogP contribution in [0.15, 0.2) is 36.5 Å². The molecule has 0 spiro atoms. The van der Waals surface area contributed by atoms with Crippen LogP contribution in [-0.2, 0) is 4.79 Å². The van der Waals surface area contributed by atoms with Crippen molar-refractivity contribution in [3.05, 3.63) is 53.2 Å². The van der Waals surface area contributed by atoms with E-state index in [0.29, 0.717) is 11.7 Å². The van der Waals surface area contributed by atoms with Gasteiger partial charge in [0.25, 0.3) is 0 Å². The van der Waals surface area contributed by atoms with Gasteiger partial charge in [0.15, 0.2) is 14.3 Å². The molecule has 37 heavy (non-hydrogen) atoms. The lowest BCUT2D eigenvalue weighted by molar-refractivity contribution is -0.150. The number of carboxylic acid groups (broad SMARTS) is 1. The van der Waals surface area contributed by atoms with Gasteiger partial charge in [0.1, 0.15) is 17.2 Å². The molecule has 2 aromatic carbocycles. The predicted molar refractivity (Wildman–Crippen MR) is 156 cm³/mol. The minimum atomic E-state index is -1.80. The van der Waals surface area contributed by atoms with Gasteiger partial charge in [-0.15, -0.1) is 0 Å². The molecule has 3 aromatic rings. The normalized spacial score (nSPS) is 13.8. The van der Waals surface area contributed by atoms with E-state index < -0.39 is 25.7 Å². The first-order valence-corrected chi connectivity index (χ1v) is 16.1. The second-order valence-electron chi connectivity index (χ2n) is 13.3. The largest absolute Gasteiger partial charge is 0.478 e. The Morgan fingerprint density at radius 2 is 1.51 bits per heavy atom. The Labute approximate surface area is 223 Å². The second kappa shape index (κ2) is 9.86. The number of hydrogen-bond acceptors (Lipinski definition) is 3. The lowest BCUT2D eigenvalue weighted by atomic mass is 9.89. The van der Waals surface area contributed by atoms with Crippen molar-refractivity contribution in [1.29, 1.82) is 0 Å². The van der Waals surface area contributed by atoms with E-state index in [0.717, 1.165) is 22.6 Å². The molecule has 202 valence electrons. The molecule has 1 heterocycles. The number of ether oxygens (including phenoxy) is 2. The molecule has 0 saturated carbocycles. The molecular formula is C31H45NO4Si. The highest BCUT2D eigenvalue weighted by Gasteiger charge is 2.39. The van der Waals surface area contributed by atoms with Crippen LogP contribution in [-0.4, -0.2) is 29.6 Å². The van der Waals surface area contributed by atoms with Gasteiger partial charge >= 0.3 is 5.97 Å². The average Bonchev–Trinajstić information content (AvgIpc) is 3.12. The molecule has 0 aliphatic heterocycles. The van der Waals surface area contributed by atoms with Crippen LogP contribution in [0.1, 0.15) is 78.0 Å². The first-order valence-electron chi connectivity index (χ1n) is 13.2. The SMILES string of the molecule is Cc1cc(OC(C(=O)O)C(C)(C)C)cc(C)c1Oc1ccc2c(c1)c(C(C)C)cn2[Si](C)(C)C(C)(C)C. The molecule has 5 nitrogen and oxygen atoms in total. The van der Waals surface area contributed by atoms with Crippen LogP contribution in [0.25, 0.3) is 10.9 Å². The van der Waals surface area contributed by atoms with E-state index in [4.69, 9.17) is 9.47 Å². The molecular weight excluding hydrogens is 478 g/mol. The summed E-state index contributed by atoms with van der Waals surface area (Å²) in [7, 11) is -1.80. The highest BCUT2D eigenvalue weighted by molar-refractivity contribution is 6.79. The molecule has 1 atom stereocenters. The second-order valence-corrected chi connectivity index (χ2v) is 18.4. The predicted octanol–water partition coefficient (Wildman–Crippen LogP) is 8.91. The zero-order valence-electron chi connectivity index (χ0n) is 24.7. The van der Waals surface area contributed by atoms with Crippen LogP contribution in [0.3, 0.4) is 0 Å². The fraction of sp³-hybridized carbons (Fsp3) is 0.516. The quantitative estimate of drug-likeness (QED) is 0.314. The summed E-state index contributed by atoms with van der Waals surface area (Å²) < 4.78 is 14.9. The Bertz CT molecular complexity index is 1280. The van der Waals surface area contributed by atoms with Crippen molar-refractivity contribution in [3.8, 4) is 17.2 Å². The van der Waals surface area contributed by atoms with E-state index in [-0.39, 0.29) is 5.04 Å². The maximum absolute atomic E-state index is 11.8. The highest BCUT2D eigenvalue weighted by Crippen LogP contribution is 2.42. The van der Waals surface area contributed by atoms with Gasteiger partial charge in [0.05, 0.1) is 0 Å². The van der Waals surface area contributed by atoms with Crippen LogP contribution in [0.4, 0.5) is 0 Å². The van der Waals surface area contributed by atoms with Gasteiger partial charge in [0, 0.05) is 16.3 Å². The van der Waals surface area contributed by atoms with E-state index in [1.807, 2.05) is 46.8 Å². The minimum Gasteiger partial charge on any atom is -0.478 e. The van der Waals surface area contributed by atoms with Crippen LogP contribution >= 0.6 is 0 Å². The molecule has 6 heteroatoms. The third kappa shape index (κ3) is 5.74.